The van der Waals surface area contributed by atoms with Crippen LogP contribution in [0.4, 0.5) is 5.69 Å². The summed E-state index contributed by atoms with van der Waals surface area (Å²) < 4.78 is 34.0. The zero-order valence-electron chi connectivity index (χ0n) is 17.5. The Labute approximate surface area is 179 Å². The molecule has 158 valence electrons. The SMILES string of the molecule is CCCOc1cc(C)c(Cl)cc1S(=O)(=O)N1CCN(c2c(C)cccc2C)CC1. The van der Waals surface area contributed by atoms with Crippen LogP contribution in [0.3, 0.4) is 0 Å². The van der Waals surface area contributed by atoms with Crippen LogP contribution in [0.5, 0.6) is 5.75 Å². The quantitative estimate of drug-likeness (QED) is 0.665. The van der Waals surface area contributed by atoms with Crippen molar-refractivity contribution in [3.05, 3.63) is 52.0 Å². The summed E-state index contributed by atoms with van der Waals surface area (Å²) in [4.78, 5) is 2.43. The van der Waals surface area contributed by atoms with E-state index in [0.717, 1.165) is 12.0 Å². The molecule has 1 saturated heterocycles. The number of sulfonamides is 1. The first-order valence-electron chi connectivity index (χ1n) is 10.00. The summed E-state index contributed by atoms with van der Waals surface area (Å²) in [6.45, 7) is 10.6. The second-order valence-electron chi connectivity index (χ2n) is 7.53. The molecule has 1 heterocycles. The summed E-state index contributed by atoms with van der Waals surface area (Å²) in [5, 5.41) is 0.432. The summed E-state index contributed by atoms with van der Waals surface area (Å²) in [7, 11) is -3.69. The third kappa shape index (κ3) is 4.55. The number of hydrogen-bond acceptors (Lipinski definition) is 4. The Morgan fingerprint density at radius 3 is 2.21 bits per heavy atom. The van der Waals surface area contributed by atoms with Crippen molar-refractivity contribution in [2.45, 2.75) is 39.0 Å². The van der Waals surface area contributed by atoms with Crippen LogP contribution < -0.4 is 9.64 Å². The van der Waals surface area contributed by atoms with Crippen molar-refractivity contribution in [1.82, 2.24) is 4.31 Å². The molecule has 0 radical (unpaired) electrons. The number of hydrogen-bond donors (Lipinski definition) is 0. The van der Waals surface area contributed by atoms with Gasteiger partial charge >= 0.3 is 0 Å². The molecule has 0 N–H and O–H groups in total. The summed E-state index contributed by atoms with van der Waals surface area (Å²) in [6, 6.07) is 9.48. The molecule has 0 saturated carbocycles. The Hall–Kier alpha value is -1.76. The van der Waals surface area contributed by atoms with Gasteiger partial charge in [-0.25, -0.2) is 8.42 Å². The minimum absolute atomic E-state index is 0.155. The summed E-state index contributed by atoms with van der Waals surface area (Å²) in [5.74, 6) is 0.380. The number of benzene rings is 2. The van der Waals surface area contributed by atoms with Gasteiger partial charge in [-0.1, -0.05) is 36.7 Å². The first-order chi connectivity index (χ1) is 13.8. The number of nitrogens with zero attached hydrogens (tertiary/aromatic N) is 2. The van der Waals surface area contributed by atoms with E-state index >= 15 is 0 Å². The first-order valence-corrected chi connectivity index (χ1v) is 11.8. The third-order valence-corrected chi connectivity index (χ3v) is 7.63. The summed E-state index contributed by atoms with van der Waals surface area (Å²) in [5.41, 5.74) is 4.43. The molecular formula is C22H29ClN2O3S. The van der Waals surface area contributed by atoms with Gasteiger partial charge in [-0.3, -0.25) is 0 Å². The molecule has 0 spiro atoms. The number of aryl methyl sites for hydroxylation is 3. The second-order valence-corrected chi connectivity index (χ2v) is 9.84. The van der Waals surface area contributed by atoms with E-state index in [1.165, 1.54) is 27.2 Å². The van der Waals surface area contributed by atoms with Gasteiger partial charge in [0.05, 0.1) is 6.61 Å². The van der Waals surface area contributed by atoms with E-state index in [1.54, 1.807) is 6.07 Å². The maximum absolute atomic E-state index is 13.4. The molecule has 0 unspecified atom stereocenters. The third-order valence-electron chi connectivity index (χ3n) is 5.30. The van der Waals surface area contributed by atoms with Gasteiger partial charge in [-0.2, -0.15) is 4.31 Å². The van der Waals surface area contributed by atoms with Crippen molar-refractivity contribution < 1.29 is 13.2 Å². The highest BCUT2D eigenvalue weighted by Crippen LogP contribution is 2.34. The van der Waals surface area contributed by atoms with E-state index in [2.05, 4.69) is 30.9 Å². The number of piperazine rings is 1. The van der Waals surface area contributed by atoms with E-state index in [4.69, 9.17) is 16.3 Å². The lowest BCUT2D eigenvalue weighted by Crippen LogP contribution is -2.49. The maximum atomic E-state index is 13.4. The van der Waals surface area contributed by atoms with E-state index in [1.807, 2.05) is 19.9 Å². The van der Waals surface area contributed by atoms with Crippen LogP contribution in [0.2, 0.25) is 5.02 Å². The highest BCUT2D eigenvalue weighted by molar-refractivity contribution is 7.89. The highest BCUT2D eigenvalue weighted by Gasteiger charge is 2.32. The second kappa shape index (κ2) is 8.94. The molecule has 5 nitrogen and oxygen atoms in total. The van der Waals surface area contributed by atoms with Gasteiger partial charge in [0.1, 0.15) is 10.6 Å². The molecule has 3 rings (SSSR count). The Balaban J connectivity index is 1.84. The smallest absolute Gasteiger partial charge is 0.246 e. The van der Waals surface area contributed by atoms with Crippen LogP contribution in [0.1, 0.15) is 30.0 Å². The maximum Gasteiger partial charge on any atom is 0.246 e. The van der Waals surface area contributed by atoms with Gasteiger partial charge in [0.2, 0.25) is 10.0 Å². The van der Waals surface area contributed by atoms with E-state index in [0.29, 0.717) is 43.6 Å². The predicted octanol–water partition coefficient (Wildman–Crippen LogP) is 4.56. The van der Waals surface area contributed by atoms with Gasteiger partial charge in [0.15, 0.2) is 0 Å². The zero-order valence-corrected chi connectivity index (χ0v) is 19.1. The molecule has 0 aromatic heterocycles. The van der Waals surface area contributed by atoms with Crippen molar-refractivity contribution >= 4 is 27.3 Å². The van der Waals surface area contributed by atoms with Crippen molar-refractivity contribution in [3.63, 3.8) is 0 Å². The molecule has 1 aliphatic heterocycles. The topological polar surface area (TPSA) is 49.9 Å². The number of para-hydroxylation sites is 1. The molecule has 1 fully saturated rings. The molecule has 0 atom stereocenters. The lowest BCUT2D eigenvalue weighted by molar-refractivity contribution is 0.306. The average Bonchev–Trinajstić information content (AvgIpc) is 2.68. The average molecular weight is 437 g/mol. The number of rotatable bonds is 6. The Bertz CT molecular complexity index is 964. The molecule has 2 aromatic carbocycles. The predicted molar refractivity (Wildman–Crippen MR) is 119 cm³/mol. The lowest BCUT2D eigenvalue weighted by atomic mass is 10.1. The standard InChI is InChI=1S/C22H29ClN2O3S/c1-5-13-28-20-14-18(4)19(23)15-21(20)29(26,27)25-11-9-24(10-12-25)22-16(2)7-6-8-17(22)3/h6-8,14-15H,5,9-13H2,1-4H3. The molecule has 0 bridgehead atoms. The highest BCUT2D eigenvalue weighted by atomic mass is 35.5. The normalized spacial score (nSPS) is 15.6. The van der Waals surface area contributed by atoms with Crippen molar-refractivity contribution in [1.29, 1.82) is 0 Å². The Morgan fingerprint density at radius 2 is 1.62 bits per heavy atom. The van der Waals surface area contributed by atoms with Crippen molar-refractivity contribution in [2.75, 3.05) is 37.7 Å². The number of ether oxygens (including phenoxy) is 1. The molecule has 2 aromatic rings. The van der Waals surface area contributed by atoms with Crippen LogP contribution >= 0.6 is 11.6 Å². The van der Waals surface area contributed by atoms with Gasteiger partial charge in [-0.15, -0.1) is 0 Å². The van der Waals surface area contributed by atoms with Crippen LogP contribution in [0, 0.1) is 20.8 Å². The largest absolute Gasteiger partial charge is 0.492 e. The molecule has 29 heavy (non-hydrogen) atoms. The fraction of sp³-hybridized carbons (Fsp3) is 0.455. The fourth-order valence-corrected chi connectivity index (χ4v) is 5.55. The van der Waals surface area contributed by atoms with E-state index < -0.39 is 10.0 Å². The Kier molecular flexibility index (Phi) is 6.76. The molecular weight excluding hydrogens is 408 g/mol. The van der Waals surface area contributed by atoms with E-state index in [9.17, 15) is 8.42 Å². The van der Waals surface area contributed by atoms with E-state index in [-0.39, 0.29) is 4.90 Å². The van der Waals surface area contributed by atoms with Gasteiger partial charge in [-0.05, 0) is 56.0 Å². The summed E-state index contributed by atoms with van der Waals surface area (Å²) in [6.07, 6.45) is 0.801. The van der Waals surface area contributed by atoms with Gasteiger partial charge in [0, 0.05) is 36.9 Å². The molecule has 7 heteroatoms. The molecule has 0 amide bonds. The van der Waals surface area contributed by atoms with Crippen molar-refractivity contribution in [2.24, 2.45) is 0 Å². The van der Waals surface area contributed by atoms with Crippen LogP contribution in [-0.4, -0.2) is 45.5 Å². The van der Waals surface area contributed by atoms with Crippen LogP contribution in [0.15, 0.2) is 35.2 Å². The minimum Gasteiger partial charge on any atom is -0.492 e. The van der Waals surface area contributed by atoms with Crippen LogP contribution in [-0.2, 0) is 10.0 Å². The number of anilines is 1. The molecule has 0 aliphatic carbocycles. The fourth-order valence-electron chi connectivity index (χ4n) is 3.76. The number of halogens is 1. The van der Waals surface area contributed by atoms with Crippen molar-refractivity contribution in [3.8, 4) is 5.75 Å². The first kappa shape index (κ1) is 21.9. The minimum atomic E-state index is -3.69. The van der Waals surface area contributed by atoms with Gasteiger partial charge in [0.25, 0.3) is 0 Å². The summed E-state index contributed by atoms with van der Waals surface area (Å²) >= 11 is 6.26. The molecule has 1 aliphatic rings. The lowest BCUT2D eigenvalue weighted by Gasteiger charge is -2.37. The zero-order chi connectivity index (χ0) is 21.2. The Morgan fingerprint density at radius 1 is 1.00 bits per heavy atom. The van der Waals surface area contributed by atoms with Crippen LogP contribution in [0.25, 0.3) is 0 Å². The monoisotopic (exact) mass is 436 g/mol. The van der Waals surface area contributed by atoms with Gasteiger partial charge < -0.3 is 9.64 Å².